The Morgan fingerprint density at radius 1 is 1.20 bits per heavy atom. The monoisotopic (exact) mass is 442 g/mol. The lowest BCUT2D eigenvalue weighted by molar-refractivity contribution is -0.155. The highest BCUT2D eigenvalue weighted by Crippen LogP contribution is 2.52. The summed E-state index contributed by atoms with van der Waals surface area (Å²) in [5, 5.41) is 12.2. The number of nitrogens with one attached hydrogen (secondary N) is 1. The number of aromatic nitrogens is 1. The Morgan fingerprint density at radius 3 is 2.50 bits per heavy atom. The number of benzene rings is 1. The van der Waals surface area contributed by atoms with Crippen molar-refractivity contribution in [1.29, 1.82) is 0 Å². The van der Waals surface area contributed by atoms with Gasteiger partial charge in [-0.2, -0.15) is 17.9 Å². The number of hydrogen-bond acceptors (Lipinski definition) is 6. The lowest BCUT2D eigenvalue weighted by Gasteiger charge is -2.14. The first-order chi connectivity index (χ1) is 14.0. The Labute approximate surface area is 167 Å². The van der Waals surface area contributed by atoms with Crippen LogP contribution in [0.2, 0.25) is 0 Å². The van der Waals surface area contributed by atoms with Gasteiger partial charge in [0, 0.05) is 12.0 Å². The molecule has 0 aliphatic heterocycles. The minimum Gasteiger partial charge on any atom is -0.480 e. The highest BCUT2D eigenvalue weighted by atomic mass is 32.2. The van der Waals surface area contributed by atoms with Gasteiger partial charge in [-0.1, -0.05) is 35.5 Å². The SMILES string of the molecule is O=C(O)[C@]1(NS(=O)(=O)c2ccc(-c3cc(C(F)(F)F)on3)o2)C[C@H]1c1ccccc1. The van der Waals surface area contributed by atoms with Crippen LogP contribution in [-0.2, 0) is 21.0 Å². The number of alkyl halides is 3. The van der Waals surface area contributed by atoms with Gasteiger partial charge >= 0.3 is 12.1 Å². The predicted octanol–water partition coefficient (Wildman–Crippen LogP) is 3.24. The van der Waals surface area contributed by atoms with Crippen LogP contribution in [0.25, 0.3) is 11.5 Å². The van der Waals surface area contributed by atoms with Gasteiger partial charge in [0.05, 0.1) is 0 Å². The van der Waals surface area contributed by atoms with Gasteiger partial charge in [0.1, 0.15) is 11.2 Å². The summed E-state index contributed by atoms with van der Waals surface area (Å²) in [5.41, 5.74) is -1.44. The number of carboxylic acids is 1. The number of sulfonamides is 1. The third-order valence-corrected chi connectivity index (χ3v) is 6.13. The summed E-state index contributed by atoms with van der Waals surface area (Å²) in [6, 6.07) is 11.2. The molecule has 1 aliphatic carbocycles. The van der Waals surface area contributed by atoms with E-state index in [2.05, 4.69) is 14.4 Å². The van der Waals surface area contributed by atoms with E-state index in [1.54, 1.807) is 30.3 Å². The van der Waals surface area contributed by atoms with E-state index in [-0.39, 0.29) is 17.9 Å². The molecule has 4 rings (SSSR count). The molecule has 0 bridgehead atoms. The third kappa shape index (κ3) is 3.48. The van der Waals surface area contributed by atoms with Crippen LogP contribution in [0.15, 0.2) is 62.6 Å². The average Bonchev–Trinajstić information content (AvgIpc) is 3.05. The van der Waals surface area contributed by atoms with Gasteiger partial charge in [-0.25, -0.2) is 8.42 Å². The summed E-state index contributed by atoms with van der Waals surface area (Å²) in [5.74, 6) is -3.58. The first-order valence-corrected chi connectivity index (χ1v) is 9.98. The number of nitrogens with zero attached hydrogens (tertiary/aromatic N) is 1. The molecule has 2 aromatic heterocycles. The van der Waals surface area contributed by atoms with Gasteiger partial charge in [-0.15, -0.1) is 0 Å². The van der Waals surface area contributed by atoms with Crippen LogP contribution >= 0.6 is 0 Å². The summed E-state index contributed by atoms with van der Waals surface area (Å²) < 4.78 is 74.7. The number of rotatable bonds is 6. The number of furan rings is 1. The fraction of sp³-hybridized carbons (Fsp3) is 0.222. The van der Waals surface area contributed by atoms with Crippen molar-refractivity contribution in [2.24, 2.45) is 0 Å². The van der Waals surface area contributed by atoms with E-state index in [1.807, 2.05) is 0 Å². The molecular formula is C18H13F3N2O6S. The molecule has 0 unspecified atom stereocenters. The van der Waals surface area contributed by atoms with E-state index in [1.165, 1.54) is 0 Å². The molecule has 2 heterocycles. The maximum Gasteiger partial charge on any atom is 0.452 e. The fourth-order valence-corrected chi connectivity index (χ4v) is 4.50. The largest absolute Gasteiger partial charge is 0.480 e. The Morgan fingerprint density at radius 2 is 1.90 bits per heavy atom. The van der Waals surface area contributed by atoms with Crippen LogP contribution in [0.1, 0.15) is 23.7 Å². The van der Waals surface area contributed by atoms with E-state index in [4.69, 9.17) is 4.42 Å². The lowest BCUT2D eigenvalue weighted by atomic mass is 10.1. The molecule has 0 spiro atoms. The van der Waals surface area contributed by atoms with Crippen LogP contribution in [-0.4, -0.2) is 30.2 Å². The van der Waals surface area contributed by atoms with E-state index < -0.39 is 44.5 Å². The zero-order valence-electron chi connectivity index (χ0n) is 14.9. The Kier molecular flexibility index (Phi) is 4.51. The molecule has 1 saturated carbocycles. The Bertz CT molecular complexity index is 1200. The van der Waals surface area contributed by atoms with Crippen molar-refractivity contribution in [3.8, 4) is 11.5 Å². The highest BCUT2D eigenvalue weighted by molar-refractivity contribution is 7.89. The maximum atomic E-state index is 12.7. The second-order valence-electron chi connectivity index (χ2n) is 6.74. The zero-order chi connectivity index (χ0) is 21.7. The highest BCUT2D eigenvalue weighted by Gasteiger charge is 2.63. The minimum atomic E-state index is -4.76. The van der Waals surface area contributed by atoms with E-state index >= 15 is 0 Å². The van der Waals surface area contributed by atoms with Gasteiger partial charge in [0.25, 0.3) is 10.0 Å². The molecule has 1 aromatic carbocycles. The smallest absolute Gasteiger partial charge is 0.452 e. The summed E-state index contributed by atoms with van der Waals surface area (Å²) in [4.78, 5) is 11.8. The van der Waals surface area contributed by atoms with Crippen molar-refractivity contribution in [3.05, 3.63) is 59.9 Å². The summed E-state index contributed by atoms with van der Waals surface area (Å²) in [6.45, 7) is 0. The zero-order valence-corrected chi connectivity index (χ0v) is 15.7. The molecule has 30 heavy (non-hydrogen) atoms. The van der Waals surface area contributed by atoms with Gasteiger partial charge in [0.2, 0.25) is 10.9 Å². The Hall–Kier alpha value is -3.12. The summed E-state index contributed by atoms with van der Waals surface area (Å²) >= 11 is 0. The summed E-state index contributed by atoms with van der Waals surface area (Å²) in [7, 11) is -4.43. The second-order valence-corrected chi connectivity index (χ2v) is 8.36. The molecule has 2 atom stereocenters. The first-order valence-electron chi connectivity index (χ1n) is 8.49. The van der Waals surface area contributed by atoms with Gasteiger partial charge in [-0.05, 0) is 24.1 Å². The Balaban J connectivity index is 1.59. The van der Waals surface area contributed by atoms with Gasteiger partial charge in [-0.3, -0.25) is 4.79 Å². The molecule has 3 aromatic rings. The second kappa shape index (κ2) is 6.71. The number of hydrogen-bond donors (Lipinski definition) is 2. The lowest BCUT2D eigenvalue weighted by Crippen LogP contribution is -2.44. The molecule has 0 amide bonds. The molecule has 158 valence electrons. The standard InChI is InChI=1S/C18H13F3N2O6S/c19-18(20,21)14-8-12(22-29-14)13-6-7-15(28-13)30(26,27)23-17(16(24)25)9-11(17)10-4-2-1-3-5-10/h1-8,11,23H,9H2,(H,24,25)/t11-,17-/m0/s1. The van der Waals surface area contributed by atoms with E-state index in [0.29, 0.717) is 11.6 Å². The molecular weight excluding hydrogens is 429 g/mol. The van der Waals surface area contributed by atoms with Crippen LogP contribution in [0, 0.1) is 0 Å². The van der Waals surface area contributed by atoms with E-state index in [0.717, 1.165) is 12.1 Å². The maximum absolute atomic E-state index is 12.7. The normalized spacial score (nSPS) is 21.5. The molecule has 8 nitrogen and oxygen atoms in total. The number of halogens is 3. The number of carboxylic acid groups (broad SMARTS) is 1. The quantitative estimate of drug-likeness (QED) is 0.601. The number of aliphatic carboxylic acids is 1. The molecule has 0 radical (unpaired) electrons. The average molecular weight is 442 g/mol. The van der Waals surface area contributed by atoms with Crippen molar-refractivity contribution in [2.75, 3.05) is 0 Å². The van der Waals surface area contributed by atoms with Crippen molar-refractivity contribution in [3.63, 3.8) is 0 Å². The van der Waals surface area contributed by atoms with Crippen LogP contribution in [0.4, 0.5) is 13.2 Å². The van der Waals surface area contributed by atoms with Gasteiger partial charge in [0.15, 0.2) is 5.76 Å². The molecule has 1 fully saturated rings. The molecule has 12 heteroatoms. The van der Waals surface area contributed by atoms with Crippen molar-refractivity contribution in [1.82, 2.24) is 9.88 Å². The van der Waals surface area contributed by atoms with Crippen LogP contribution < -0.4 is 4.72 Å². The van der Waals surface area contributed by atoms with Gasteiger partial charge < -0.3 is 14.0 Å². The topological polar surface area (TPSA) is 123 Å². The molecule has 0 saturated heterocycles. The predicted molar refractivity (Wildman–Crippen MR) is 93.7 cm³/mol. The van der Waals surface area contributed by atoms with Crippen LogP contribution in [0.5, 0.6) is 0 Å². The molecule has 2 N–H and O–H groups in total. The fourth-order valence-electron chi connectivity index (χ4n) is 3.16. The van der Waals surface area contributed by atoms with E-state index in [9.17, 15) is 31.5 Å². The van der Waals surface area contributed by atoms with Crippen molar-refractivity contribution < 1.29 is 40.4 Å². The van der Waals surface area contributed by atoms with Crippen molar-refractivity contribution in [2.45, 2.75) is 29.1 Å². The summed E-state index contributed by atoms with van der Waals surface area (Å²) in [6.07, 6.45) is -4.72. The third-order valence-electron chi connectivity index (χ3n) is 4.75. The number of carbonyl (C=O) groups is 1. The minimum absolute atomic E-state index is 0.0391. The van der Waals surface area contributed by atoms with Crippen LogP contribution in [0.3, 0.4) is 0 Å². The van der Waals surface area contributed by atoms with Crippen molar-refractivity contribution >= 4 is 16.0 Å². The molecule has 1 aliphatic rings. The first kappa shape index (κ1) is 20.2.